The number of ether oxygens (including phenoxy) is 2. The zero-order valence-corrected chi connectivity index (χ0v) is 18.0. The van der Waals surface area contributed by atoms with Crippen LogP contribution in [0.2, 0.25) is 0 Å². The second-order valence-corrected chi connectivity index (χ2v) is 7.87. The Kier molecular flexibility index (Phi) is 6.16. The Morgan fingerprint density at radius 1 is 1.16 bits per heavy atom. The maximum Gasteiger partial charge on any atom is 0.323 e. The zero-order valence-electron chi connectivity index (χ0n) is 18.0. The molecular weight excluding hydrogens is 412 g/mol. The number of carbonyl (C=O) groups excluding carboxylic acids is 3. The number of amides is 4. The Balaban J connectivity index is 1.44. The molecule has 32 heavy (non-hydrogen) atoms. The SMILES string of the molecule is CC[C@H](C)[C@H](NC(=O)N1CC(=O)Nc2ccccc21)C(=O)NCc1ccc2c(c1)OCO2. The van der Waals surface area contributed by atoms with Gasteiger partial charge in [-0.2, -0.15) is 0 Å². The van der Waals surface area contributed by atoms with Gasteiger partial charge in [0.25, 0.3) is 0 Å². The summed E-state index contributed by atoms with van der Waals surface area (Å²) in [5.41, 5.74) is 2.01. The fourth-order valence-corrected chi connectivity index (χ4v) is 3.68. The summed E-state index contributed by atoms with van der Waals surface area (Å²) >= 11 is 0. The van der Waals surface area contributed by atoms with Crippen LogP contribution < -0.4 is 30.3 Å². The summed E-state index contributed by atoms with van der Waals surface area (Å²) in [7, 11) is 0. The van der Waals surface area contributed by atoms with Crippen molar-refractivity contribution in [3.63, 3.8) is 0 Å². The molecule has 0 spiro atoms. The molecular formula is C23H26N4O5. The van der Waals surface area contributed by atoms with Gasteiger partial charge in [0.1, 0.15) is 12.6 Å². The van der Waals surface area contributed by atoms with E-state index in [2.05, 4.69) is 16.0 Å². The first-order chi connectivity index (χ1) is 15.5. The molecule has 0 aliphatic carbocycles. The zero-order chi connectivity index (χ0) is 22.7. The number of hydrogen-bond acceptors (Lipinski definition) is 5. The Morgan fingerprint density at radius 3 is 2.75 bits per heavy atom. The fraction of sp³-hybridized carbons (Fsp3) is 0.348. The van der Waals surface area contributed by atoms with Gasteiger partial charge in [0, 0.05) is 6.54 Å². The number of urea groups is 1. The van der Waals surface area contributed by atoms with Gasteiger partial charge in [-0.1, -0.05) is 38.5 Å². The van der Waals surface area contributed by atoms with Crippen LogP contribution in [0.4, 0.5) is 16.2 Å². The lowest BCUT2D eigenvalue weighted by molar-refractivity contribution is -0.124. The number of hydrogen-bond donors (Lipinski definition) is 3. The average molecular weight is 438 g/mol. The Labute approximate surface area is 186 Å². The summed E-state index contributed by atoms with van der Waals surface area (Å²) in [6.45, 7) is 4.22. The lowest BCUT2D eigenvalue weighted by Crippen LogP contribution is -2.55. The molecule has 2 aromatic carbocycles. The molecule has 4 rings (SSSR count). The van der Waals surface area contributed by atoms with Crippen molar-refractivity contribution in [1.29, 1.82) is 0 Å². The molecule has 4 amide bonds. The van der Waals surface area contributed by atoms with Gasteiger partial charge in [-0.25, -0.2) is 4.79 Å². The molecule has 0 radical (unpaired) electrons. The molecule has 9 heteroatoms. The molecule has 0 saturated heterocycles. The van der Waals surface area contributed by atoms with E-state index in [1.165, 1.54) is 4.90 Å². The number of fused-ring (bicyclic) bond motifs is 2. The first kappa shape index (κ1) is 21.5. The van der Waals surface area contributed by atoms with E-state index in [4.69, 9.17) is 9.47 Å². The second-order valence-electron chi connectivity index (χ2n) is 7.87. The first-order valence-electron chi connectivity index (χ1n) is 10.6. The summed E-state index contributed by atoms with van der Waals surface area (Å²) in [6, 6.07) is 11.3. The van der Waals surface area contributed by atoms with Gasteiger partial charge >= 0.3 is 6.03 Å². The van der Waals surface area contributed by atoms with E-state index in [1.54, 1.807) is 30.3 Å². The summed E-state index contributed by atoms with van der Waals surface area (Å²) in [6.07, 6.45) is 0.694. The monoisotopic (exact) mass is 438 g/mol. The van der Waals surface area contributed by atoms with Gasteiger partial charge in [-0.15, -0.1) is 0 Å². The molecule has 0 bridgehead atoms. The van der Waals surface area contributed by atoms with E-state index < -0.39 is 12.1 Å². The minimum absolute atomic E-state index is 0.107. The van der Waals surface area contributed by atoms with Crippen LogP contribution in [0.3, 0.4) is 0 Å². The molecule has 3 N–H and O–H groups in total. The van der Waals surface area contributed by atoms with Crippen LogP contribution in [0.5, 0.6) is 11.5 Å². The van der Waals surface area contributed by atoms with Crippen LogP contribution in [-0.2, 0) is 16.1 Å². The van der Waals surface area contributed by atoms with Crippen molar-refractivity contribution in [1.82, 2.24) is 10.6 Å². The maximum atomic E-state index is 13.1. The number of anilines is 2. The highest BCUT2D eigenvalue weighted by Gasteiger charge is 2.31. The third-order valence-electron chi connectivity index (χ3n) is 5.69. The molecule has 2 heterocycles. The van der Waals surface area contributed by atoms with Crippen LogP contribution in [0.25, 0.3) is 0 Å². The average Bonchev–Trinajstić information content (AvgIpc) is 3.27. The topological polar surface area (TPSA) is 109 Å². The molecule has 0 fully saturated rings. The fourth-order valence-electron chi connectivity index (χ4n) is 3.68. The van der Waals surface area contributed by atoms with Crippen LogP contribution >= 0.6 is 0 Å². The quantitative estimate of drug-likeness (QED) is 0.642. The predicted molar refractivity (Wildman–Crippen MR) is 119 cm³/mol. The smallest absolute Gasteiger partial charge is 0.323 e. The standard InChI is InChI=1S/C23H26N4O5/c1-3-14(2)21(22(29)24-11-15-8-9-18-19(10-15)32-13-31-18)26-23(30)27-12-20(28)25-16-6-4-5-7-17(16)27/h4-10,14,21H,3,11-13H2,1-2H3,(H,24,29)(H,25,28)(H,26,30)/t14-,21-/m0/s1. The molecule has 2 atom stereocenters. The van der Waals surface area contributed by atoms with E-state index in [0.29, 0.717) is 29.3 Å². The molecule has 9 nitrogen and oxygen atoms in total. The van der Waals surface area contributed by atoms with Gasteiger partial charge in [-0.05, 0) is 35.7 Å². The molecule has 2 aliphatic heterocycles. The van der Waals surface area contributed by atoms with Crippen LogP contribution in [0.15, 0.2) is 42.5 Å². The van der Waals surface area contributed by atoms with Crippen molar-refractivity contribution in [2.24, 2.45) is 5.92 Å². The summed E-state index contributed by atoms with van der Waals surface area (Å²) < 4.78 is 10.7. The molecule has 2 aliphatic rings. The summed E-state index contributed by atoms with van der Waals surface area (Å²) in [5, 5.41) is 8.47. The minimum atomic E-state index is -0.751. The Morgan fingerprint density at radius 2 is 1.94 bits per heavy atom. The molecule has 0 saturated carbocycles. The van der Waals surface area contributed by atoms with Crippen molar-refractivity contribution < 1.29 is 23.9 Å². The molecule has 0 aromatic heterocycles. The third kappa shape index (κ3) is 4.46. The van der Waals surface area contributed by atoms with Crippen LogP contribution in [0, 0.1) is 5.92 Å². The lowest BCUT2D eigenvalue weighted by atomic mass is 9.98. The van der Waals surface area contributed by atoms with Crippen molar-refractivity contribution in [3.05, 3.63) is 48.0 Å². The van der Waals surface area contributed by atoms with Gasteiger partial charge in [0.2, 0.25) is 18.6 Å². The molecule has 0 unspecified atom stereocenters. The Hall–Kier alpha value is -3.75. The Bertz CT molecular complexity index is 1040. The number of rotatable bonds is 6. The van der Waals surface area contributed by atoms with E-state index in [-0.39, 0.29) is 37.6 Å². The van der Waals surface area contributed by atoms with Crippen LogP contribution in [0.1, 0.15) is 25.8 Å². The number of benzene rings is 2. The van der Waals surface area contributed by atoms with Crippen molar-refractivity contribution >= 4 is 29.2 Å². The van der Waals surface area contributed by atoms with E-state index in [9.17, 15) is 14.4 Å². The highest BCUT2D eigenvalue weighted by atomic mass is 16.7. The van der Waals surface area contributed by atoms with Crippen LogP contribution in [-0.4, -0.2) is 37.2 Å². The predicted octanol–water partition coefficient (Wildman–Crippen LogP) is 2.61. The minimum Gasteiger partial charge on any atom is -0.454 e. The van der Waals surface area contributed by atoms with Gasteiger partial charge in [0.15, 0.2) is 11.5 Å². The normalized spacial score (nSPS) is 15.9. The summed E-state index contributed by atoms with van der Waals surface area (Å²) in [4.78, 5) is 39.5. The lowest BCUT2D eigenvalue weighted by Gasteiger charge is -2.32. The molecule has 2 aromatic rings. The highest BCUT2D eigenvalue weighted by molar-refractivity contribution is 6.10. The third-order valence-corrected chi connectivity index (χ3v) is 5.69. The second kappa shape index (κ2) is 9.17. The van der Waals surface area contributed by atoms with E-state index in [1.807, 2.05) is 26.0 Å². The number of nitrogens with zero attached hydrogens (tertiary/aromatic N) is 1. The van der Waals surface area contributed by atoms with E-state index in [0.717, 1.165) is 5.56 Å². The van der Waals surface area contributed by atoms with Crippen molar-refractivity contribution in [2.75, 3.05) is 23.6 Å². The summed E-state index contributed by atoms with van der Waals surface area (Å²) in [5.74, 6) is 0.636. The number of para-hydroxylation sites is 2. The van der Waals surface area contributed by atoms with E-state index >= 15 is 0 Å². The van der Waals surface area contributed by atoms with Gasteiger partial charge in [0.05, 0.1) is 11.4 Å². The first-order valence-corrected chi connectivity index (χ1v) is 10.6. The molecule has 168 valence electrons. The van der Waals surface area contributed by atoms with Gasteiger partial charge < -0.3 is 25.4 Å². The van der Waals surface area contributed by atoms with Crippen molar-refractivity contribution in [3.8, 4) is 11.5 Å². The highest BCUT2D eigenvalue weighted by Crippen LogP contribution is 2.32. The van der Waals surface area contributed by atoms with Gasteiger partial charge in [-0.3, -0.25) is 14.5 Å². The largest absolute Gasteiger partial charge is 0.454 e. The number of nitrogens with one attached hydrogen (secondary N) is 3. The maximum absolute atomic E-state index is 13.1. The van der Waals surface area contributed by atoms with Crippen molar-refractivity contribution in [2.45, 2.75) is 32.9 Å². The number of carbonyl (C=O) groups is 3.